The quantitative estimate of drug-likeness (QED) is 0.349. The zero-order valence-electron chi connectivity index (χ0n) is 10.4. The van der Waals surface area contributed by atoms with E-state index in [0.717, 1.165) is 4.90 Å². The maximum atomic E-state index is 12.0. The Hall–Kier alpha value is -1.69. The summed E-state index contributed by atoms with van der Waals surface area (Å²) in [6, 6.07) is -2.77. The molecule has 0 spiro atoms. The van der Waals surface area contributed by atoms with Crippen molar-refractivity contribution in [1.29, 1.82) is 0 Å². The molecule has 2 atom stereocenters. The Bertz CT molecular complexity index is 572. The van der Waals surface area contributed by atoms with Gasteiger partial charge >= 0.3 is 6.03 Å². The van der Waals surface area contributed by atoms with Crippen molar-refractivity contribution in [3.8, 4) is 0 Å². The van der Waals surface area contributed by atoms with Crippen LogP contribution in [0.15, 0.2) is 11.6 Å². The molecule has 2 heterocycles. The van der Waals surface area contributed by atoms with Crippen LogP contribution < -0.4 is 5.73 Å². The summed E-state index contributed by atoms with van der Waals surface area (Å²) in [7, 11) is -3.72. The van der Waals surface area contributed by atoms with Crippen LogP contribution in [-0.2, 0) is 24.2 Å². The highest BCUT2D eigenvalue weighted by Gasteiger charge is 2.48. The molecule has 1 fully saturated rings. The number of hydroxylamine groups is 2. The van der Waals surface area contributed by atoms with Crippen molar-refractivity contribution in [2.75, 3.05) is 20.3 Å². The van der Waals surface area contributed by atoms with Crippen molar-refractivity contribution in [2.45, 2.75) is 12.1 Å². The first-order chi connectivity index (χ1) is 9.24. The highest BCUT2D eigenvalue weighted by Crippen LogP contribution is 2.30. The van der Waals surface area contributed by atoms with Crippen molar-refractivity contribution < 1.29 is 31.6 Å². The first-order valence-corrected chi connectivity index (χ1v) is 6.82. The fraction of sp³-hybridized carbons (Fsp3) is 0.556. The first-order valence-electron chi connectivity index (χ1n) is 5.48. The molecule has 0 aromatic rings. The summed E-state index contributed by atoms with van der Waals surface area (Å²) < 4.78 is 41.1. The van der Waals surface area contributed by atoms with E-state index in [1.165, 1.54) is 13.2 Å². The number of nitrogens with zero attached hydrogens (tertiary/aromatic N) is 2. The molecule has 10 nitrogen and oxygen atoms in total. The molecule has 20 heavy (non-hydrogen) atoms. The fourth-order valence-corrected chi connectivity index (χ4v) is 2.60. The van der Waals surface area contributed by atoms with E-state index in [1.54, 1.807) is 0 Å². The number of urea groups is 1. The minimum absolute atomic E-state index is 0.0167. The average molecular weight is 306 g/mol. The second-order valence-corrected chi connectivity index (χ2v) is 5.25. The van der Waals surface area contributed by atoms with Gasteiger partial charge in [0.05, 0.1) is 13.2 Å². The van der Waals surface area contributed by atoms with Crippen LogP contribution >= 0.6 is 0 Å². The Morgan fingerprint density at radius 2 is 2.25 bits per heavy atom. The van der Waals surface area contributed by atoms with Crippen molar-refractivity contribution in [1.82, 2.24) is 9.96 Å². The van der Waals surface area contributed by atoms with Crippen LogP contribution in [0.5, 0.6) is 0 Å². The molecule has 3 amide bonds. The highest BCUT2D eigenvalue weighted by atomic mass is 32.3. The predicted octanol–water partition coefficient (Wildman–Crippen LogP) is -2.08. The maximum Gasteiger partial charge on any atom is 0.346 e. The van der Waals surface area contributed by atoms with E-state index in [1.807, 2.05) is 0 Å². The molecule has 0 aromatic heterocycles. The van der Waals surface area contributed by atoms with Gasteiger partial charge in [0.15, 0.2) is 0 Å². The van der Waals surface area contributed by atoms with E-state index in [0.29, 0.717) is 10.6 Å². The van der Waals surface area contributed by atoms with Gasteiger partial charge in [-0.2, -0.15) is 9.35 Å². The number of rotatable bonds is 5. The smallest absolute Gasteiger partial charge is 0.346 e. The molecule has 112 valence electrons. The Balaban J connectivity index is 2.36. The number of carbonyl (C=O) groups is 2. The van der Waals surface area contributed by atoms with E-state index in [4.69, 9.17) is 10.5 Å². The van der Waals surface area contributed by atoms with Gasteiger partial charge in [-0.3, -0.25) is 4.79 Å². The second-order valence-electron chi connectivity index (χ2n) is 4.28. The molecule has 2 bridgehead atoms. The molecule has 2 N–H and O–H groups in total. The lowest BCUT2D eigenvalue weighted by molar-refractivity contribution is -0.120. The van der Waals surface area contributed by atoms with Gasteiger partial charge in [0.1, 0.15) is 12.1 Å². The normalized spacial score (nSPS) is 25.9. The molecule has 0 radical (unpaired) electrons. The van der Waals surface area contributed by atoms with Crippen LogP contribution in [0, 0.1) is 0 Å². The van der Waals surface area contributed by atoms with Crippen LogP contribution in [-0.4, -0.2) is 67.2 Å². The lowest BCUT2D eigenvalue weighted by Crippen LogP contribution is -2.47. The van der Waals surface area contributed by atoms with Gasteiger partial charge in [-0.05, 0) is 11.6 Å². The van der Waals surface area contributed by atoms with Crippen LogP contribution in [0.2, 0.25) is 0 Å². The summed E-state index contributed by atoms with van der Waals surface area (Å²) in [6.07, 6.45) is 1.40. The fourth-order valence-electron chi connectivity index (χ4n) is 2.23. The number of hydrogen-bond donors (Lipinski definition) is 1. The summed E-state index contributed by atoms with van der Waals surface area (Å²) in [6.45, 7) is 0.0193. The van der Waals surface area contributed by atoms with Gasteiger partial charge in [-0.15, -0.1) is 0 Å². The summed E-state index contributed by atoms with van der Waals surface area (Å²) in [4.78, 5) is 24.3. The molecule has 2 aliphatic rings. The third-order valence-corrected chi connectivity index (χ3v) is 3.34. The molecule has 11 heteroatoms. The number of carbonyl (C=O) groups excluding carboxylic acids is 2. The number of methoxy groups -OCH3 is 1. The Labute approximate surface area is 114 Å². The van der Waals surface area contributed by atoms with E-state index in [2.05, 4.69) is 4.28 Å². The van der Waals surface area contributed by atoms with Crippen LogP contribution in [0.1, 0.15) is 0 Å². The largest absolute Gasteiger partial charge is 0.724 e. The first kappa shape index (κ1) is 14.7. The maximum absolute atomic E-state index is 12.0. The predicted molar refractivity (Wildman–Crippen MR) is 61.5 cm³/mol. The third-order valence-electron chi connectivity index (χ3n) is 3.00. The van der Waals surface area contributed by atoms with Crippen molar-refractivity contribution >= 4 is 22.3 Å². The Kier molecular flexibility index (Phi) is 3.69. The second kappa shape index (κ2) is 5.01. The van der Waals surface area contributed by atoms with Crippen LogP contribution in [0.3, 0.4) is 0 Å². The average Bonchev–Trinajstić information content (AvgIpc) is 2.57. The molecular formula is C9H12N3O7S-. The Morgan fingerprint density at radius 1 is 1.60 bits per heavy atom. The number of fused-ring (bicyclic) bond motifs is 2. The number of hydrogen-bond acceptors (Lipinski definition) is 7. The van der Waals surface area contributed by atoms with Crippen molar-refractivity contribution in [3.05, 3.63) is 11.6 Å². The lowest BCUT2D eigenvalue weighted by atomic mass is 10.0. The molecular weight excluding hydrogens is 294 g/mol. The minimum Gasteiger partial charge on any atom is -0.724 e. The molecule has 1 saturated heterocycles. The number of primary amides is 1. The van der Waals surface area contributed by atoms with E-state index in [-0.39, 0.29) is 13.2 Å². The number of nitrogens with two attached hydrogens (primary N) is 1. The summed E-state index contributed by atoms with van der Waals surface area (Å²) in [5.74, 6) is -0.780. The molecule has 0 aromatic carbocycles. The zero-order valence-corrected chi connectivity index (χ0v) is 11.2. The van der Waals surface area contributed by atoms with Gasteiger partial charge < -0.3 is 19.9 Å². The minimum atomic E-state index is -5.11. The summed E-state index contributed by atoms with van der Waals surface area (Å²) in [5.41, 5.74) is 5.62. The molecule has 2 rings (SSSR count). The zero-order chi connectivity index (χ0) is 15.1. The SMILES string of the molecule is COCC1=C[C@@H](C(N)=O)N2C[C@@H]1N(OS(=O)(=O)[O-])C2=O. The Morgan fingerprint density at radius 3 is 2.75 bits per heavy atom. The molecule has 0 saturated carbocycles. The van der Waals surface area contributed by atoms with Gasteiger partial charge in [0.25, 0.3) is 0 Å². The van der Waals surface area contributed by atoms with Gasteiger partial charge in [-0.25, -0.2) is 13.2 Å². The monoisotopic (exact) mass is 306 g/mol. The van der Waals surface area contributed by atoms with Gasteiger partial charge in [0, 0.05) is 7.11 Å². The third kappa shape index (κ3) is 2.60. The van der Waals surface area contributed by atoms with Crippen LogP contribution in [0.25, 0.3) is 0 Å². The highest BCUT2D eigenvalue weighted by molar-refractivity contribution is 7.80. The van der Waals surface area contributed by atoms with Crippen LogP contribution in [0.4, 0.5) is 4.79 Å². The standard InChI is InChI=1S/C9H13N3O7S/c1-18-4-5-2-6(8(10)13)11-3-7(5)12(9(11)14)19-20(15,16)17/h2,6-7H,3-4H2,1H3,(H2,10,13)(H,15,16,17)/p-1/t6-,7-/m0/s1. The molecule has 0 aliphatic carbocycles. The van der Waals surface area contributed by atoms with Gasteiger partial charge in [0.2, 0.25) is 16.3 Å². The van der Waals surface area contributed by atoms with E-state index >= 15 is 0 Å². The molecule has 2 aliphatic heterocycles. The topological polar surface area (TPSA) is 142 Å². The summed E-state index contributed by atoms with van der Waals surface area (Å²) in [5, 5.41) is 0.427. The number of ether oxygens (including phenoxy) is 1. The number of amides is 3. The van der Waals surface area contributed by atoms with E-state index < -0.39 is 34.4 Å². The van der Waals surface area contributed by atoms with E-state index in [9.17, 15) is 22.6 Å². The van der Waals surface area contributed by atoms with Crippen molar-refractivity contribution in [2.24, 2.45) is 5.73 Å². The lowest BCUT2D eigenvalue weighted by Gasteiger charge is -2.27. The summed E-state index contributed by atoms with van der Waals surface area (Å²) >= 11 is 0. The van der Waals surface area contributed by atoms with Crippen molar-refractivity contribution in [3.63, 3.8) is 0 Å². The van der Waals surface area contributed by atoms with Gasteiger partial charge in [-0.1, -0.05) is 0 Å². The molecule has 0 unspecified atom stereocenters.